The van der Waals surface area contributed by atoms with E-state index < -0.39 is 20.4 Å². The molecule has 0 saturated carbocycles. The number of nitrogens with zero attached hydrogens (tertiary/aromatic N) is 3. The Kier molecular flexibility index (Phi) is 5.95. The van der Waals surface area contributed by atoms with Crippen LogP contribution in [0.3, 0.4) is 0 Å². The van der Waals surface area contributed by atoms with Crippen molar-refractivity contribution < 1.29 is 0 Å². The number of benzene rings is 6. The fourth-order valence-electron chi connectivity index (χ4n) is 5.48. The maximum absolute atomic E-state index is 5.03. The van der Waals surface area contributed by atoms with Crippen molar-refractivity contribution in [2.75, 3.05) is 0 Å². The van der Waals surface area contributed by atoms with E-state index in [1.807, 2.05) is 18.2 Å². The standard InChI is InChI=1S/C37H23N3Te/c1-2-11-25(12-3-1)35-38-36(40-37(39-35)29-21-20-24-10-4-5-13-26(24)22-29)28-15-8-14-27(23-28)30-17-9-18-32-31-16-6-7-19-33(31)41-34(30)32/h1-23H. The first-order valence-corrected chi connectivity index (χ1v) is 15.9. The van der Waals surface area contributed by atoms with Crippen LogP contribution in [0.25, 0.3) is 73.6 Å². The van der Waals surface area contributed by atoms with Gasteiger partial charge in [-0.25, -0.2) is 0 Å². The minimum absolute atomic E-state index is 0.454. The number of rotatable bonds is 4. The van der Waals surface area contributed by atoms with Crippen LogP contribution in [0.4, 0.5) is 0 Å². The van der Waals surface area contributed by atoms with Gasteiger partial charge >= 0.3 is 230 Å². The van der Waals surface area contributed by atoms with Gasteiger partial charge in [0, 0.05) is 0 Å². The van der Waals surface area contributed by atoms with E-state index in [1.54, 1.807) is 0 Å². The molecule has 0 atom stereocenters. The molecule has 0 aliphatic heterocycles. The Morgan fingerprint density at radius 1 is 0.390 bits per heavy atom. The molecule has 8 aromatic rings. The van der Waals surface area contributed by atoms with Crippen LogP contribution in [0.15, 0.2) is 140 Å². The van der Waals surface area contributed by atoms with Crippen molar-refractivity contribution in [1.82, 2.24) is 15.0 Å². The first-order chi connectivity index (χ1) is 20.3. The topological polar surface area (TPSA) is 38.7 Å². The molecular formula is C37H23N3Te. The van der Waals surface area contributed by atoms with Gasteiger partial charge in [0.05, 0.1) is 0 Å². The van der Waals surface area contributed by atoms with Crippen molar-refractivity contribution in [2.24, 2.45) is 0 Å². The molecule has 0 fully saturated rings. The summed E-state index contributed by atoms with van der Waals surface area (Å²) in [5.74, 6) is 2.02. The summed E-state index contributed by atoms with van der Waals surface area (Å²) in [5.41, 5.74) is 5.45. The van der Waals surface area contributed by atoms with Gasteiger partial charge < -0.3 is 0 Å². The molecule has 0 N–H and O–H groups in total. The zero-order valence-corrected chi connectivity index (χ0v) is 24.4. The fourth-order valence-corrected chi connectivity index (χ4v) is 9.01. The third-order valence-corrected chi connectivity index (χ3v) is 11.0. The van der Waals surface area contributed by atoms with Crippen LogP contribution in [-0.2, 0) is 0 Å². The normalized spacial score (nSPS) is 11.4. The quantitative estimate of drug-likeness (QED) is 0.181. The molecule has 41 heavy (non-hydrogen) atoms. The SMILES string of the molecule is c1ccc(-c2nc(-c3cccc(-c4cccc5c4[te]c4ccccc45)c3)nc(-c3ccc4ccccc4c3)n2)cc1. The Morgan fingerprint density at radius 2 is 1.00 bits per heavy atom. The Bertz CT molecular complexity index is 2220. The van der Waals surface area contributed by atoms with Crippen LogP contribution in [-0.4, -0.2) is 35.4 Å². The van der Waals surface area contributed by atoms with Gasteiger partial charge in [0.25, 0.3) is 0 Å². The first-order valence-electron chi connectivity index (χ1n) is 13.6. The molecule has 0 amide bonds. The minimum atomic E-state index is -0.454. The monoisotopic (exact) mass is 639 g/mol. The van der Waals surface area contributed by atoms with Gasteiger partial charge in [0.2, 0.25) is 0 Å². The fraction of sp³-hybridized carbons (Fsp3) is 0. The second-order valence-corrected chi connectivity index (χ2v) is 13.1. The summed E-state index contributed by atoms with van der Waals surface area (Å²) < 4.78 is 3.02. The Hall–Kier alpha value is -4.62. The Balaban J connectivity index is 1.30. The maximum atomic E-state index is 5.03. The summed E-state index contributed by atoms with van der Waals surface area (Å²) >= 11 is -0.454. The van der Waals surface area contributed by atoms with E-state index in [-0.39, 0.29) is 0 Å². The first kappa shape index (κ1) is 24.2. The van der Waals surface area contributed by atoms with E-state index in [2.05, 4.69) is 121 Å². The van der Waals surface area contributed by atoms with Gasteiger partial charge in [-0.15, -0.1) is 0 Å². The number of hydrogen-bond donors (Lipinski definition) is 0. The van der Waals surface area contributed by atoms with Crippen molar-refractivity contribution in [1.29, 1.82) is 0 Å². The second kappa shape index (κ2) is 10.1. The van der Waals surface area contributed by atoms with Gasteiger partial charge in [-0.1, -0.05) is 18.2 Å². The zero-order chi connectivity index (χ0) is 27.2. The van der Waals surface area contributed by atoms with E-state index in [1.165, 1.54) is 34.1 Å². The van der Waals surface area contributed by atoms with Crippen LogP contribution >= 0.6 is 0 Å². The van der Waals surface area contributed by atoms with E-state index in [0.29, 0.717) is 17.5 Å². The molecule has 0 aliphatic carbocycles. The molecule has 192 valence electrons. The predicted molar refractivity (Wildman–Crippen MR) is 171 cm³/mol. The molecule has 2 aromatic heterocycles. The van der Waals surface area contributed by atoms with E-state index in [4.69, 9.17) is 15.0 Å². The average molecular weight is 637 g/mol. The molecule has 6 aromatic carbocycles. The molecule has 0 saturated heterocycles. The van der Waals surface area contributed by atoms with Gasteiger partial charge in [-0.05, 0) is 0 Å². The number of fused-ring (bicyclic) bond motifs is 4. The van der Waals surface area contributed by atoms with Crippen LogP contribution < -0.4 is 0 Å². The van der Waals surface area contributed by atoms with Crippen LogP contribution in [0, 0.1) is 0 Å². The molecule has 4 heteroatoms. The molecule has 0 spiro atoms. The van der Waals surface area contributed by atoms with Crippen molar-refractivity contribution >= 4 is 48.8 Å². The average Bonchev–Trinajstić information content (AvgIpc) is 3.44. The van der Waals surface area contributed by atoms with Crippen LogP contribution in [0.5, 0.6) is 0 Å². The van der Waals surface area contributed by atoms with Gasteiger partial charge in [0.1, 0.15) is 0 Å². The third kappa shape index (κ3) is 4.43. The Morgan fingerprint density at radius 3 is 1.85 bits per heavy atom. The Labute approximate surface area is 247 Å². The van der Waals surface area contributed by atoms with E-state index >= 15 is 0 Å². The molecule has 8 rings (SSSR count). The third-order valence-electron chi connectivity index (χ3n) is 7.51. The molecule has 0 bridgehead atoms. The van der Waals surface area contributed by atoms with E-state index in [0.717, 1.165) is 22.1 Å². The summed E-state index contributed by atoms with van der Waals surface area (Å²) in [4.78, 5) is 15.0. The molecule has 0 radical (unpaired) electrons. The number of hydrogen-bond acceptors (Lipinski definition) is 3. The number of aromatic nitrogens is 3. The van der Waals surface area contributed by atoms with Crippen molar-refractivity contribution in [3.63, 3.8) is 0 Å². The van der Waals surface area contributed by atoms with Crippen LogP contribution in [0.2, 0.25) is 0 Å². The summed E-state index contributed by atoms with van der Waals surface area (Å²) in [7, 11) is 0. The van der Waals surface area contributed by atoms with Crippen molar-refractivity contribution in [2.45, 2.75) is 0 Å². The van der Waals surface area contributed by atoms with Gasteiger partial charge in [0.15, 0.2) is 0 Å². The van der Waals surface area contributed by atoms with Gasteiger partial charge in [-0.2, -0.15) is 0 Å². The summed E-state index contributed by atoms with van der Waals surface area (Å²) in [6, 6.07) is 49.2. The second-order valence-electron chi connectivity index (χ2n) is 10.1. The van der Waals surface area contributed by atoms with Gasteiger partial charge in [-0.3, -0.25) is 0 Å². The molecule has 0 unspecified atom stereocenters. The molecule has 3 nitrogen and oxygen atoms in total. The van der Waals surface area contributed by atoms with Crippen LogP contribution in [0.1, 0.15) is 0 Å². The van der Waals surface area contributed by atoms with Crippen molar-refractivity contribution in [3.8, 4) is 45.3 Å². The summed E-state index contributed by atoms with van der Waals surface area (Å²) in [6.45, 7) is 0. The zero-order valence-electron chi connectivity index (χ0n) is 22.0. The summed E-state index contributed by atoms with van der Waals surface area (Å²) in [6.07, 6.45) is 0. The predicted octanol–water partition coefficient (Wildman–Crippen LogP) is 9.06. The van der Waals surface area contributed by atoms with E-state index in [9.17, 15) is 0 Å². The molecular weight excluding hydrogens is 614 g/mol. The van der Waals surface area contributed by atoms with Crippen molar-refractivity contribution in [3.05, 3.63) is 140 Å². The summed E-state index contributed by atoms with van der Waals surface area (Å²) in [5, 5.41) is 5.14. The molecule has 0 aliphatic rings. The molecule has 2 heterocycles.